The first-order valence-electron chi connectivity index (χ1n) is 8.70. The number of hydrogen-bond donors (Lipinski definition) is 3. The maximum absolute atomic E-state index is 12.3. The Hall–Kier alpha value is -2.87. The fraction of sp³-hybridized carbons (Fsp3) is 0.316. The van der Waals surface area contributed by atoms with Crippen LogP contribution in [0.3, 0.4) is 0 Å². The molecular weight excluding hydrogens is 366 g/mol. The molecule has 2 aromatic heterocycles. The molecule has 0 saturated heterocycles. The molecule has 0 fully saturated rings. The summed E-state index contributed by atoms with van der Waals surface area (Å²) in [5, 5.41) is 2.69. The van der Waals surface area contributed by atoms with Crippen LogP contribution in [0.15, 0.2) is 29.1 Å². The van der Waals surface area contributed by atoms with Crippen molar-refractivity contribution >= 4 is 39.9 Å². The van der Waals surface area contributed by atoms with E-state index in [4.69, 9.17) is 4.74 Å². The maximum atomic E-state index is 12.3. The van der Waals surface area contributed by atoms with Crippen LogP contribution in [0.2, 0.25) is 0 Å². The van der Waals surface area contributed by atoms with E-state index in [1.54, 1.807) is 18.2 Å². The molecule has 1 aromatic carbocycles. The third kappa shape index (κ3) is 4.28. The Kier molecular flexibility index (Phi) is 5.46. The summed E-state index contributed by atoms with van der Waals surface area (Å²) >= 11 is 1.38. The third-order valence-corrected chi connectivity index (χ3v) is 5.25. The van der Waals surface area contributed by atoms with E-state index < -0.39 is 18.0 Å². The van der Waals surface area contributed by atoms with Gasteiger partial charge in [-0.1, -0.05) is 13.3 Å². The molecule has 8 heteroatoms. The zero-order valence-corrected chi connectivity index (χ0v) is 16.2. The van der Waals surface area contributed by atoms with E-state index in [9.17, 15) is 14.4 Å². The largest absolute Gasteiger partial charge is 0.448 e. The second-order valence-corrected chi connectivity index (χ2v) is 7.57. The SMILES string of the molecule is CCCc1cc(C(=O)O[C@H](C)C(=O)Nc2ccc3[nH]c(=O)[nH]c3c2)sc1C. The van der Waals surface area contributed by atoms with Crippen LogP contribution in [0.5, 0.6) is 0 Å². The van der Waals surface area contributed by atoms with E-state index in [1.807, 2.05) is 13.0 Å². The number of carbonyl (C=O) groups excluding carboxylic acids is 2. The quantitative estimate of drug-likeness (QED) is 0.564. The van der Waals surface area contributed by atoms with Gasteiger partial charge >= 0.3 is 11.7 Å². The number of imidazole rings is 1. The Morgan fingerprint density at radius 3 is 2.70 bits per heavy atom. The number of hydrogen-bond acceptors (Lipinski definition) is 5. The highest BCUT2D eigenvalue weighted by Crippen LogP contribution is 2.24. The van der Waals surface area contributed by atoms with Gasteiger partial charge in [0.05, 0.1) is 11.0 Å². The molecule has 27 heavy (non-hydrogen) atoms. The van der Waals surface area contributed by atoms with Crippen molar-refractivity contribution in [3.8, 4) is 0 Å². The van der Waals surface area contributed by atoms with Crippen molar-refractivity contribution < 1.29 is 14.3 Å². The molecule has 0 aliphatic carbocycles. The van der Waals surface area contributed by atoms with Crippen molar-refractivity contribution in [2.75, 3.05) is 5.32 Å². The number of benzene rings is 1. The van der Waals surface area contributed by atoms with Gasteiger partial charge < -0.3 is 20.0 Å². The number of aromatic amines is 2. The number of thiophene rings is 1. The number of carbonyl (C=O) groups is 2. The Labute approximate surface area is 159 Å². The number of ether oxygens (including phenoxy) is 1. The van der Waals surface area contributed by atoms with E-state index in [0.29, 0.717) is 21.6 Å². The van der Waals surface area contributed by atoms with Crippen LogP contribution in [0, 0.1) is 6.92 Å². The van der Waals surface area contributed by atoms with Crippen LogP contribution < -0.4 is 11.0 Å². The van der Waals surface area contributed by atoms with Gasteiger partial charge in [0, 0.05) is 10.6 Å². The van der Waals surface area contributed by atoms with Crippen LogP contribution in [0.25, 0.3) is 11.0 Å². The molecule has 0 bridgehead atoms. The van der Waals surface area contributed by atoms with Gasteiger partial charge in [0.1, 0.15) is 4.88 Å². The van der Waals surface area contributed by atoms with Crippen LogP contribution in [-0.2, 0) is 16.0 Å². The summed E-state index contributed by atoms with van der Waals surface area (Å²) < 4.78 is 5.30. The van der Waals surface area contributed by atoms with Gasteiger partial charge in [-0.05, 0) is 50.1 Å². The second kappa shape index (κ2) is 7.79. The molecule has 0 radical (unpaired) electrons. The van der Waals surface area contributed by atoms with E-state index in [1.165, 1.54) is 18.3 Å². The number of fused-ring (bicyclic) bond motifs is 1. The molecule has 0 unspecified atom stereocenters. The zero-order chi connectivity index (χ0) is 19.6. The molecular formula is C19H21N3O4S. The topological polar surface area (TPSA) is 104 Å². The predicted molar refractivity (Wildman–Crippen MR) is 105 cm³/mol. The lowest BCUT2D eigenvalue weighted by Gasteiger charge is -2.13. The lowest BCUT2D eigenvalue weighted by atomic mass is 10.1. The molecule has 3 rings (SSSR count). The fourth-order valence-electron chi connectivity index (χ4n) is 2.76. The summed E-state index contributed by atoms with van der Waals surface area (Å²) in [4.78, 5) is 42.8. The summed E-state index contributed by atoms with van der Waals surface area (Å²) in [6, 6.07) is 6.83. The monoisotopic (exact) mass is 387 g/mol. The Balaban J connectivity index is 1.64. The molecule has 7 nitrogen and oxygen atoms in total. The van der Waals surface area contributed by atoms with Gasteiger partial charge in [0.15, 0.2) is 6.10 Å². The van der Waals surface area contributed by atoms with E-state index in [0.717, 1.165) is 23.3 Å². The summed E-state index contributed by atoms with van der Waals surface area (Å²) in [5.74, 6) is -0.943. The van der Waals surface area contributed by atoms with E-state index in [-0.39, 0.29) is 5.69 Å². The van der Waals surface area contributed by atoms with Gasteiger partial charge in [-0.15, -0.1) is 11.3 Å². The Morgan fingerprint density at radius 1 is 1.22 bits per heavy atom. The average Bonchev–Trinajstić information content (AvgIpc) is 3.16. The number of rotatable bonds is 6. The number of H-pyrrole nitrogens is 2. The summed E-state index contributed by atoms with van der Waals surface area (Å²) in [7, 11) is 0. The van der Waals surface area contributed by atoms with Gasteiger partial charge in [-0.2, -0.15) is 0 Å². The predicted octanol–water partition coefficient (Wildman–Crippen LogP) is 3.36. The average molecular weight is 387 g/mol. The molecule has 3 aromatic rings. The van der Waals surface area contributed by atoms with Crippen LogP contribution in [0.4, 0.5) is 5.69 Å². The fourth-order valence-corrected chi connectivity index (χ4v) is 3.72. The first-order valence-corrected chi connectivity index (χ1v) is 9.52. The van der Waals surface area contributed by atoms with Crippen molar-refractivity contribution in [1.82, 2.24) is 9.97 Å². The number of anilines is 1. The highest BCUT2D eigenvalue weighted by molar-refractivity contribution is 7.14. The third-order valence-electron chi connectivity index (χ3n) is 4.18. The molecule has 2 heterocycles. The van der Waals surface area contributed by atoms with Gasteiger partial charge in [-0.25, -0.2) is 9.59 Å². The van der Waals surface area contributed by atoms with Crippen molar-refractivity contribution in [1.29, 1.82) is 0 Å². The summed E-state index contributed by atoms with van der Waals surface area (Å²) in [6.45, 7) is 5.59. The lowest BCUT2D eigenvalue weighted by Crippen LogP contribution is -2.29. The number of esters is 1. The molecule has 0 spiro atoms. The van der Waals surface area contributed by atoms with Crippen LogP contribution in [0.1, 0.15) is 40.4 Å². The molecule has 1 amide bonds. The number of aromatic nitrogens is 2. The lowest BCUT2D eigenvalue weighted by molar-refractivity contribution is -0.123. The van der Waals surface area contributed by atoms with Gasteiger partial charge in [-0.3, -0.25) is 4.79 Å². The number of nitrogens with one attached hydrogen (secondary N) is 3. The number of aryl methyl sites for hydroxylation is 2. The molecule has 3 N–H and O–H groups in total. The smallest absolute Gasteiger partial charge is 0.349 e. The zero-order valence-electron chi connectivity index (χ0n) is 15.3. The normalized spacial score (nSPS) is 12.1. The van der Waals surface area contributed by atoms with Gasteiger partial charge in [0.25, 0.3) is 5.91 Å². The van der Waals surface area contributed by atoms with Crippen LogP contribution in [-0.4, -0.2) is 27.9 Å². The molecule has 1 atom stereocenters. The molecule has 0 aliphatic rings. The van der Waals surface area contributed by atoms with Crippen molar-refractivity contribution in [2.24, 2.45) is 0 Å². The molecule has 0 saturated carbocycles. The molecule has 0 aliphatic heterocycles. The van der Waals surface area contributed by atoms with Gasteiger partial charge in [0.2, 0.25) is 0 Å². The van der Waals surface area contributed by atoms with E-state index in [2.05, 4.69) is 22.2 Å². The molecule has 142 valence electrons. The van der Waals surface area contributed by atoms with E-state index >= 15 is 0 Å². The van der Waals surface area contributed by atoms with Crippen molar-refractivity contribution in [3.63, 3.8) is 0 Å². The maximum Gasteiger partial charge on any atom is 0.349 e. The summed E-state index contributed by atoms with van der Waals surface area (Å²) in [6.07, 6.45) is 0.965. The minimum Gasteiger partial charge on any atom is -0.448 e. The minimum atomic E-state index is -0.949. The van der Waals surface area contributed by atoms with Crippen molar-refractivity contribution in [2.45, 2.75) is 39.7 Å². The standard InChI is InChI=1S/C19H21N3O4S/c1-4-5-12-8-16(27-11(12)3)18(24)26-10(2)17(23)20-13-6-7-14-15(9-13)22-19(25)21-14/h6-10H,4-5H2,1-3H3,(H,20,23)(H2,21,22,25)/t10-/m1/s1. The second-order valence-electron chi connectivity index (χ2n) is 6.32. The number of amides is 1. The highest BCUT2D eigenvalue weighted by atomic mass is 32.1. The van der Waals surface area contributed by atoms with Crippen LogP contribution >= 0.6 is 11.3 Å². The Morgan fingerprint density at radius 2 is 1.96 bits per heavy atom. The Bertz CT molecular complexity index is 1050. The first-order chi connectivity index (χ1) is 12.9. The highest BCUT2D eigenvalue weighted by Gasteiger charge is 2.21. The minimum absolute atomic E-state index is 0.315. The first kappa shape index (κ1) is 18.9. The van der Waals surface area contributed by atoms with Crippen molar-refractivity contribution in [3.05, 3.63) is 50.1 Å². The summed E-state index contributed by atoms with van der Waals surface area (Å²) in [5.41, 5.74) is 2.56.